The Morgan fingerprint density at radius 3 is 2.29 bits per heavy atom. The van der Waals surface area contributed by atoms with Gasteiger partial charge in [0.1, 0.15) is 0 Å². The average molecular weight is 290 g/mol. The van der Waals surface area contributed by atoms with E-state index in [1.807, 2.05) is 0 Å². The smallest absolute Gasteiger partial charge is 0.0239 e. The zero-order valence-corrected chi connectivity index (χ0v) is 14.7. The second kappa shape index (κ2) is 9.97. The van der Waals surface area contributed by atoms with Gasteiger partial charge in [-0.1, -0.05) is 58.4 Å². The molecule has 0 saturated carbocycles. The van der Waals surface area contributed by atoms with E-state index in [-0.39, 0.29) is 0 Å². The maximum absolute atomic E-state index is 3.54. The minimum atomic E-state index is 0.531. The van der Waals surface area contributed by atoms with Crippen LogP contribution in [0.15, 0.2) is 24.3 Å². The molecule has 0 fully saturated rings. The second-order valence-corrected chi connectivity index (χ2v) is 6.39. The first-order chi connectivity index (χ1) is 10.1. The van der Waals surface area contributed by atoms with Gasteiger partial charge in [-0.25, -0.2) is 0 Å². The van der Waals surface area contributed by atoms with Crippen LogP contribution in [0.25, 0.3) is 0 Å². The van der Waals surface area contributed by atoms with Gasteiger partial charge >= 0.3 is 0 Å². The molecule has 0 amide bonds. The van der Waals surface area contributed by atoms with E-state index < -0.39 is 0 Å². The first-order valence-corrected chi connectivity index (χ1v) is 8.62. The van der Waals surface area contributed by atoms with E-state index in [0.29, 0.717) is 12.1 Å². The third kappa shape index (κ3) is 6.62. The monoisotopic (exact) mass is 290 g/mol. The molecular weight excluding hydrogens is 256 g/mol. The fourth-order valence-corrected chi connectivity index (χ4v) is 2.49. The van der Waals surface area contributed by atoms with E-state index in [1.54, 1.807) is 0 Å². The molecule has 1 atom stereocenters. The molecule has 120 valence electrons. The Hall–Kier alpha value is -0.860. The van der Waals surface area contributed by atoms with Crippen LogP contribution in [0.2, 0.25) is 0 Å². The molecule has 0 saturated heterocycles. The standard InChI is InChI=1S/C19H34N2/c1-6-8-13-21(17(5)7-2)15-19-12-10-9-11-18(19)14-20-16(3)4/h9-12,16-17,20H,6-8,13-15H2,1-5H3. The first kappa shape index (κ1) is 18.2. The molecule has 1 aromatic rings. The summed E-state index contributed by atoms with van der Waals surface area (Å²) in [5.74, 6) is 0. The maximum Gasteiger partial charge on any atom is 0.0239 e. The third-order valence-electron chi connectivity index (χ3n) is 4.21. The summed E-state index contributed by atoms with van der Waals surface area (Å²) in [5, 5.41) is 3.54. The molecule has 0 aliphatic carbocycles. The number of nitrogens with zero attached hydrogens (tertiary/aromatic N) is 1. The van der Waals surface area contributed by atoms with Gasteiger partial charge in [-0.3, -0.25) is 4.90 Å². The molecular formula is C19H34N2. The van der Waals surface area contributed by atoms with Crippen LogP contribution in [0, 0.1) is 0 Å². The molecule has 0 heterocycles. The van der Waals surface area contributed by atoms with E-state index in [9.17, 15) is 0 Å². The lowest BCUT2D eigenvalue weighted by Gasteiger charge is -2.29. The molecule has 21 heavy (non-hydrogen) atoms. The average Bonchev–Trinajstić information content (AvgIpc) is 2.49. The second-order valence-electron chi connectivity index (χ2n) is 6.39. The molecule has 0 radical (unpaired) electrons. The van der Waals surface area contributed by atoms with Crippen LogP contribution in [-0.4, -0.2) is 23.5 Å². The fourth-order valence-electron chi connectivity index (χ4n) is 2.49. The van der Waals surface area contributed by atoms with Crippen molar-refractivity contribution in [1.82, 2.24) is 10.2 Å². The van der Waals surface area contributed by atoms with Crippen LogP contribution in [-0.2, 0) is 13.1 Å². The van der Waals surface area contributed by atoms with Crippen LogP contribution in [0.1, 0.15) is 65.0 Å². The van der Waals surface area contributed by atoms with Crippen LogP contribution < -0.4 is 5.32 Å². The van der Waals surface area contributed by atoms with Crippen molar-refractivity contribution in [2.24, 2.45) is 0 Å². The van der Waals surface area contributed by atoms with Crippen molar-refractivity contribution >= 4 is 0 Å². The van der Waals surface area contributed by atoms with Crippen molar-refractivity contribution in [3.63, 3.8) is 0 Å². The third-order valence-corrected chi connectivity index (χ3v) is 4.21. The van der Waals surface area contributed by atoms with Gasteiger partial charge in [0.15, 0.2) is 0 Å². The molecule has 0 aromatic heterocycles. The van der Waals surface area contributed by atoms with Crippen LogP contribution in [0.3, 0.4) is 0 Å². The maximum atomic E-state index is 3.54. The van der Waals surface area contributed by atoms with Crippen molar-refractivity contribution in [3.05, 3.63) is 35.4 Å². The predicted molar refractivity (Wildman–Crippen MR) is 93.5 cm³/mol. The Balaban J connectivity index is 2.77. The molecule has 0 spiro atoms. The molecule has 1 unspecified atom stereocenters. The molecule has 1 N–H and O–H groups in total. The Bertz CT molecular complexity index is 387. The summed E-state index contributed by atoms with van der Waals surface area (Å²) >= 11 is 0. The van der Waals surface area contributed by atoms with Gasteiger partial charge in [0.05, 0.1) is 0 Å². The number of hydrogen-bond donors (Lipinski definition) is 1. The van der Waals surface area contributed by atoms with E-state index in [4.69, 9.17) is 0 Å². The Kier molecular flexibility index (Phi) is 8.63. The largest absolute Gasteiger partial charge is 0.310 e. The van der Waals surface area contributed by atoms with E-state index in [2.05, 4.69) is 69.1 Å². The Morgan fingerprint density at radius 2 is 1.71 bits per heavy atom. The number of rotatable bonds is 10. The van der Waals surface area contributed by atoms with Crippen molar-refractivity contribution in [3.8, 4) is 0 Å². The minimum Gasteiger partial charge on any atom is -0.310 e. The van der Waals surface area contributed by atoms with Gasteiger partial charge in [0, 0.05) is 25.2 Å². The summed E-state index contributed by atoms with van der Waals surface area (Å²) in [6.07, 6.45) is 3.77. The first-order valence-electron chi connectivity index (χ1n) is 8.62. The van der Waals surface area contributed by atoms with Crippen LogP contribution >= 0.6 is 0 Å². The van der Waals surface area contributed by atoms with E-state index in [0.717, 1.165) is 13.1 Å². The number of benzene rings is 1. The normalized spacial score (nSPS) is 13.1. The lowest BCUT2D eigenvalue weighted by molar-refractivity contribution is 0.191. The quantitative estimate of drug-likeness (QED) is 0.678. The van der Waals surface area contributed by atoms with Crippen LogP contribution in [0.4, 0.5) is 0 Å². The van der Waals surface area contributed by atoms with Gasteiger partial charge < -0.3 is 5.32 Å². The number of unbranched alkanes of at least 4 members (excludes halogenated alkanes) is 1. The van der Waals surface area contributed by atoms with Gasteiger partial charge in [0.2, 0.25) is 0 Å². The van der Waals surface area contributed by atoms with Crippen molar-refractivity contribution in [2.75, 3.05) is 6.54 Å². The van der Waals surface area contributed by atoms with E-state index in [1.165, 1.54) is 36.9 Å². The molecule has 0 aliphatic rings. The van der Waals surface area contributed by atoms with Gasteiger partial charge in [-0.2, -0.15) is 0 Å². The minimum absolute atomic E-state index is 0.531. The van der Waals surface area contributed by atoms with Crippen molar-refractivity contribution in [1.29, 1.82) is 0 Å². The Morgan fingerprint density at radius 1 is 1.05 bits per heavy atom. The molecule has 1 rings (SSSR count). The topological polar surface area (TPSA) is 15.3 Å². The zero-order valence-electron chi connectivity index (χ0n) is 14.7. The summed E-state index contributed by atoms with van der Waals surface area (Å²) in [6.45, 7) is 14.6. The molecule has 0 aliphatic heterocycles. The molecule has 2 heteroatoms. The zero-order chi connectivity index (χ0) is 15.7. The predicted octanol–water partition coefficient (Wildman–Crippen LogP) is 4.59. The summed E-state index contributed by atoms with van der Waals surface area (Å²) < 4.78 is 0. The highest BCUT2D eigenvalue weighted by Crippen LogP contribution is 2.16. The summed E-state index contributed by atoms with van der Waals surface area (Å²) in [7, 11) is 0. The van der Waals surface area contributed by atoms with Crippen molar-refractivity contribution in [2.45, 2.75) is 79.1 Å². The summed E-state index contributed by atoms with van der Waals surface area (Å²) in [4.78, 5) is 2.64. The van der Waals surface area contributed by atoms with Gasteiger partial charge in [-0.05, 0) is 37.4 Å². The lowest BCUT2D eigenvalue weighted by Crippen LogP contribution is -2.33. The highest BCUT2D eigenvalue weighted by atomic mass is 15.1. The highest BCUT2D eigenvalue weighted by Gasteiger charge is 2.13. The summed E-state index contributed by atoms with van der Waals surface area (Å²) in [5.41, 5.74) is 2.91. The fraction of sp³-hybridized carbons (Fsp3) is 0.684. The SMILES string of the molecule is CCCCN(Cc1ccccc1CNC(C)C)C(C)CC. The Labute approximate surface area is 131 Å². The summed E-state index contributed by atoms with van der Waals surface area (Å²) in [6, 6.07) is 10.1. The van der Waals surface area contributed by atoms with E-state index >= 15 is 0 Å². The van der Waals surface area contributed by atoms with Crippen LogP contribution in [0.5, 0.6) is 0 Å². The highest BCUT2D eigenvalue weighted by molar-refractivity contribution is 5.27. The number of hydrogen-bond acceptors (Lipinski definition) is 2. The number of nitrogens with one attached hydrogen (secondary N) is 1. The molecule has 1 aromatic carbocycles. The molecule has 2 nitrogen and oxygen atoms in total. The van der Waals surface area contributed by atoms with Crippen molar-refractivity contribution < 1.29 is 0 Å². The van der Waals surface area contributed by atoms with Gasteiger partial charge in [-0.15, -0.1) is 0 Å². The molecule has 0 bridgehead atoms. The lowest BCUT2D eigenvalue weighted by atomic mass is 10.0. The van der Waals surface area contributed by atoms with Gasteiger partial charge in [0.25, 0.3) is 0 Å².